The predicted molar refractivity (Wildman–Crippen MR) is 72.1 cm³/mol. The summed E-state index contributed by atoms with van der Waals surface area (Å²) in [4.78, 5) is 12.2. The summed E-state index contributed by atoms with van der Waals surface area (Å²) in [6.07, 6.45) is 5.26. The average Bonchev–Trinajstić information content (AvgIpc) is 2.87. The highest BCUT2D eigenvalue weighted by atomic mass is 16.3. The van der Waals surface area contributed by atoms with E-state index in [0.717, 1.165) is 31.6 Å². The highest BCUT2D eigenvalue weighted by molar-refractivity contribution is 5.93. The summed E-state index contributed by atoms with van der Waals surface area (Å²) >= 11 is 0. The van der Waals surface area contributed by atoms with Gasteiger partial charge in [-0.25, -0.2) is 0 Å². The van der Waals surface area contributed by atoms with Gasteiger partial charge in [-0.15, -0.1) is 0 Å². The molecule has 2 heterocycles. The highest BCUT2D eigenvalue weighted by Gasteiger charge is 2.29. The van der Waals surface area contributed by atoms with Gasteiger partial charge in [-0.2, -0.15) is 0 Å². The van der Waals surface area contributed by atoms with Gasteiger partial charge in [-0.05, 0) is 50.9 Å². The first-order valence-electron chi connectivity index (χ1n) is 7.10. The van der Waals surface area contributed by atoms with Crippen LogP contribution in [-0.4, -0.2) is 40.8 Å². The van der Waals surface area contributed by atoms with Crippen LogP contribution in [0, 0.1) is 0 Å². The van der Waals surface area contributed by atoms with E-state index in [1.165, 1.54) is 0 Å². The van der Waals surface area contributed by atoms with E-state index in [1.807, 2.05) is 18.3 Å². The Balaban J connectivity index is 1.66. The molecule has 5 nitrogen and oxygen atoms in total. The number of rotatable bonds is 3. The normalized spacial score (nSPS) is 27.8. The van der Waals surface area contributed by atoms with E-state index in [4.69, 9.17) is 0 Å². The summed E-state index contributed by atoms with van der Waals surface area (Å²) in [5, 5.41) is 15.6. The minimum Gasteiger partial charge on any atom is -0.393 e. The number of nitrogens with one attached hydrogen (secondary N) is 2. The Morgan fingerprint density at radius 1 is 1.37 bits per heavy atom. The van der Waals surface area contributed by atoms with Crippen LogP contribution in [-0.2, 0) is 0 Å². The molecule has 1 saturated carbocycles. The van der Waals surface area contributed by atoms with Crippen LogP contribution in [0.3, 0.4) is 0 Å². The van der Waals surface area contributed by atoms with Gasteiger partial charge >= 0.3 is 0 Å². The molecule has 1 amide bonds. The van der Waals surface area contributed by atoms with E-state index in [1.54, 1.807) is 0 Å². The Hall–Kier alpha value is -1.33. The fourth-order valence-corrected chi connectivity index (χ4v) is 2.95. The number of aromatic nitrogens is 1. The smallest absolute Gasteiger partial charge is 0.268 e. The van der Waals surface area contributed by atoms with Gasteiger partial charge < -0.3 is 20.3 Å². The standard InChI is InChI=1S/C14H21N3O2/c18-12-8-10(9-12)16-14(19)13-2-1-7-17(13)11-3-5-15-6-4-11/h1-2,7,10-12,15,18H,3-6,8-9H2,(H,16,19). The molecule has 0 bridgehead atoms. The van der Waals surface area contributed by atoms with Gasteiger partial charge in [-0.1, -0.05) is 0 Å². The molecule has 0 unspecified atom stereocenters. The Morgan fingerprint density at radius 2 is 2.11 bits per heavy atom. The van der Waals surface area contributed by atoms with Crippen LogP contribution >= 0.6 is 0 Å². The second-order valence-corrected chi connectivity index (χ2v) is 5.58. The van der Waals surface area contributed by atoms with Gasteiger partial charge in [-0.3, -0.25) is 4.79 Å². The number of hydrogen-bond acceptors (Lipinski definition) is 3. The Kier molecular flexibility index (Phi) is 3.57. The quantitative estimate of drug-likeness (QED) is 0.751. The summed E-state index contributed by atoms with van der Waals surface area (Å²) in [5.41, 5.74) is 0.744. The van der Waals surface area contributed by atoms with Crippen LogP contribution in [0.15, 0.2) is 18.3 Å². The zero-order valence-corrected chi connectivity index (χ0v) is 11.0. The lowest BCUT2D eigenvalue weighted by atomic mass is 9.89. The van der Waals surface area contributed by atoms with Crippen LogP contribution in [0.1, 0.15) is 42.2 Å². The van der Waals surface area contributed by atoms with E-state index in [-0.39, 0.29) is 18.1 Å². The van der Waals surface area contributed by atoms with Crippen LogP contribution in [0.25, 0.3) is 0 Å². The second kappa shape index (κ2) is 5.35. The monoisotopic (exact) mass is 263 g/mol. The van der Waals surface area contributed by atoms with Crippen molar-refractivity contribution in [1.29, 1.82) is 0 Å². The zero-order chi connectivity index (χ0) is 13.2. The number of aliphatic hydroxyl groups is 1. The molecule has 0 spiro atoms. The fraction of sp³-hybridized carbons (Fsp3) is 0.643. The number of piperidine rings is 1. The largest absolute Gasteiger partial charge is 0.393 e. The highest BCUT2D eigenvalue weighted by Crippen LogP contribution is 2.23. The summed E-state index contributed by atoms with van der Waals surface area (Å²) in [6, 6.07) is 4.38. The number of carbonyl (C=O) groups is 1. The molecular formula is C14H21N3O2. The molecule has 1 aromatic rings. The number of aliphatic hydroxyl groups excluding tert-OH is 1. The molecule has 3 N–H and O–H groups in total. The van der Waals surface area contributed by atoms with Gasteiger partial charge in [0.2, 0.25) is 0 Å². The van der Waals surface area contributed by atoms with Crippen molar-refractivity contribution in [1.82, 2.24) is 15.2 Å². The van der Waals surface area contributed by atoms with Gasteiger partial charge in [0.05, 0.1) is 6.10 Å². The third kappa shape index (κ3) is 2.67. The van der Waals surface area contributed by atoms with Gasteiger partial charge in [0.25, 0.3) is 5.91 Å². The first-order chi connectivity index (χ1) is 9.24. The zero-order valence-electron chi connectivity index (χ0n) is 11.0. The average molecular weight is 263 g/mol. The molecule has 0 atom stereocenters. The molecule has 2 fully saturated rings. The Labute approximate surface area is 113 Å². The summed E-state index contributed by atoms with van der Waals surface area (Å²) in [5.74, 6) is -0.0135. The number of amides is 1. The van der Waals surface area contributed by atoms with Gasteiger partial charge in [0.1, 0.15) is 5.69 Å². The predicted octanol–water partition coefficient (Wildman–Crippen LogP) is 0.666. The Bertz CT molecular complexity index is 445. The van der Waals surface area contributed by atoms with E-state index in [9.17, 15) is 9.90 Å². The maximum atomic E-state index is 12.2. The maximum absolute atomic E-state index is 12.2. The summed E-state index contributed by atoms with van der Waals surface area (Å²) in [6.45, 7) is 2.03. The van der Waals surface area contributed by atoms with E-state index < -0.39 is 0 Å². The maximum Gasteiger partial charge on any atom is 0.268 e. The molecule has 2 aliphatic rings. The van der Waals surface area contributed by atoms with Crippen molar-refractivity contribution in [2.24, 2.45) is 0 Å². The topological polar surface area (TPSA) is 66.3 Å². The van der Waals surface area contributed by atoms with Crippen molar-refractivity contribution in [3.8, 4) is 0 Å². The van der Waals surface area contributed by atoms with E-state index >= 15 is 0 Å². The van der Waals surface area contributed by atoms with E-state index in [2.05, 4.69) is 15.2 Å². The van der Waals surface area contributed by atoms with Crippen molar-refractivity contribution < 1.29 is 9.90 Å². The SMILES string of the molecule is O=C(NC1CC(O)C1)c1cccn1C1CCNCC1. The van der Waals surface area contributed by atoms with Crippen LogP contribution in [0.4, 0.5) is 0 Å². The first-order valence-corrected chi connectivity index (χ1v) is 7.10. The van der Waals surface area contributed by atoms with Crippen molar-refractivity contribution in [2.45, 2.75) is 43.9 Å². The van der Waals surface area contributed by atoms with Crippen molar-refractivity contribution >= 4 is 5.91 Å². The molecule has 0 radical (unpaired) electrons. The third-order valence-corrected chi connectivity index (χ3v) is 4.16. The lowest BCUT2D eigenvalue weighted by molar-refractivity contribution is 0.0557. The summed E-state index contributed by atoms with van der Waals surface area (Å²) in [7, 11) is 0. The number of carbonyl (C=O) groups excluding carboxylic acids is 1. The molecule has 1 aliphatic heterocycles. The second-order valence-electron chi connectivity index (χ2n) is 5.58. The molecule has 3 rings (SSSR count). The van der Waals surface area contributed by atoms with Gasteiger partial charge in [0, 0.05) is 18.3 Å². The third-order valence-electron chi connectivity index (χ3n) is 4.16. The molecule has 1 saturated heterocycles. The summed E-state index contributed by atoms with van der Waals surface area (Å²) < 4.78 is 2.10. The van der Waals surface area contributed by atoms with Crippen LogP contribution in [0.5, 0.6) is 0 Å². The number of nitrogens with zero attached hydrogens (tertiary/aromatic N) is 1. The van der Waals surface area contributed by atoms with E-state index in [0.29, 0.717) is 18.9 Å². The van der Waals surface area contributed by atoms with Crippen molar-refractivity contribution in [3.63, 3.8) is 0 Å². The molecule has 0 aromatic carbocycles. The number of hydrogen-bond donors (Lipinski definition) is 3. The molecule has 1 aromatic heterocycles. The Morgan fingerprint density at radius 3 is 2.79 bits per heavy atom. The van der Waals surface area contributed by atoms with Crippen LogP contribution < -0.4 is 10.6 Å². The minimum atomic E-state index is -0.235. The van der Waals surface area contributed by atoms with Crippen molar-refractivity contribution in [2.75, 3.05) is 13.1 Å². The van der Waals surface area contributed by atoms with Crippen molar-refractivity contribution in [3.05, 3.63) is 24.0 Å². The first kappa shape index (κ1) is 12.7. The lowest BCUT2D eigenvalue weighted by Crippen LogP contribution is -2.47. The molecule has 104 valence electrons. The molecule has 19 heavy (non-hydrogen) atoms. The fourth-order valence-electron chi connectivity index (χ4n) is 2.95. The van der Waals surface area contributed by atoms with Crippen LogP contribution in [0.2, 0.25) is 0 Å². The molecule has 1 aliphatic carbocycles. The molecule has 5 heteroatoms. The molecular weight excluding hydrogens is 242 g/mol. The van der Waals surface area contributed by atoms with Gasteiger partial charge in [0.15, 0.2) is 0 Å². The minimum absolute atomic E-state index is 0.0135. The lowest BCUT2D eigenvalue weighted by Gasteiger charge is -2.32.